The molecule has 0 aromatic carbocycles. The first kappa shape index (κ1) is 11.2. The third-order valence-corrected chi connectivity index (χ3v) is 2.18. The normalized spacial score (nSPS) is 9.93. The van der Waals surface area contributed by atoms with Crippen molar-refractivity contribution >= 4 is 20.4 Å². The van der Waals surface area contributed by atoms with E-state index in [9.17, 15) is 4.79 Å². The summed E-state index contributed by atoms with van der Waals surface area (Å²) in [7, 11) is 1.67. The van der Waals surface area contributed by atoms with Gasteiger partial charge >= 0.3 is 86.8 Å². The molecule has 1 heterocycles. The zero-order valence-corrected chi connectivity index (χ0v) is 8.86. The van der Waals surface area contributed by atoms with Gasteiger partial charge in [0.15, 0.2) is 0 Å². The van der Waals surface area contributed by atoms with Crippen molar-refractivity contribution in [3.05, 3.63) is 29.1 Å². The summed E-state index contributed by atoms with van der Waals surface area (Å²) in [5.74, 6) is 2.72. The average Bonchev–Trinajstić information content (AvgIpc) is 2.16. The Kier molecular flexibility index (Phi) is 4.64. The summed E-state index contributed by atoms with van der Waals surface area (Å²) in [5.41, 5.74) is 2.63. The molecule has 1 rings (SSSR count). The van der Waals surface area contributed by atoms with E-state index in [2.05, 4.69) is 32.8 Å². The van der Waals surface area contributed by atoms with Gasteiger partial charge in [0.1, 0.15) is 0 Å². The second-order valence-electron chi connectivity index (χ2n) is 3.94. The fraction of sp³-hybridized carbons (Fsp3) is 0.455. The Hall–Kier alpha value is -0.850. The van der Waals surface area contributed by atoms with Gasteiger partial charge in [-0.2, -0.15) is 0 Å². The molecule has 71 valence electrons. The summed E-state index contributed by atoms with van der Waals surface area (Å²) in [6.07, 6.45) is 2.71. The minimum absolute atomic E-state index is 0.660. The Morgan fingerprint density at radius 2 is 2.36 bits per heavy atom. The van der Waals surface area contributed by atoms with E-state index in [1.165, 1.54) is 11.0 Å². The van der Waals surface area contributed by atoms with Gasteiger partial charge < -0.3 is 0 Å². The Morgan fingerprint density at radius 1 is 1.57 bits per heavy atom. The molecule has 0 unspecified atom stereocenters. The van der Waals surface area contributed by atoms with Crippen molar-refractivity contribution in [1.29, 1.82) is 0 Å². The molecule has 0 N–H and O–H groups in total. The summed E-state index contributed by atoms with van der Waals surface area (Å²) in [6, 6.07) is 4.12. The quantitative estimate of drug-likeness (QED) is 0.502. The fourth-order valence-corrected chi connectivity index (χ4v) is 1.57. The maximum absolute atomic E-state index is 10.3. The van der Waals surface area contributed by atoms with Crippen molar-refractivity contribution in [3.63, 3.8) is 0 Å². The number of carbonyl (C=O) groups excluding carboxylic acids is 1. The summed E-state index contributed by atoms with van der Waals surface area (Å²) >= 11 is 0. The van der Waals surface area contributed by atoms with Gasteiger partial charge in [-0.3, -0.25) is 0 Å². The van der Waals surface area contributed by atoms with Crippen LogP contribution in [0.3, 0.4) is 0 Å². The molecule has 1 aromatic heterocycles. The van der Waals surface area contributed by atoms with E-state index >= 15 is 0 Å². The topological polar surface area (TPSA) is 17.1 Å². The van der Waals surface area contributed by atoms with Gasteiger partial charge in [0.2, 0.25) is 0 Å². The van der Waals surface area contributed by atoms with Crippen LogP contribution in [0.1, 0.15) is 24.9 Å². The van der Waals surface area contributed by atoms with E-state index in [0.717, 1.165) is 18.9 Å². The van der Waals surface area contributed by atoms with Crippen LogP contribution < -0.4 is 0 Å². The van der Waals surface area contributed by atoms with Gasteiger partial charge in [0.05, 0.1) is 0 Å². The van der Waals surface area contributed by atoms with Gasteiger partial charge in [0, 0.05) is 0 Å². The Labute approximate surface area is 87.4 Å². The van der Waals surface area contributed by atoms with Gasteiger partial charge in [-0.15, -0.1) is 0 Å². The van der Waals surface area contributed by atoms with Crippen LogP contribution in [0, 0.1) is 5.92 Å². The van der Waals surface area contributed by atoms with E-state index in [1.807, 2.05) is 6.07 Å². The molecule has 0 aliphatic rings. The molecule has 0 fully saturated rings. The molecule has 1 radical (unpaired) electrons. The molecule has 0 atom stereocenters. The van der Waals surface area contributed by atoms with Crippen LogP contribution in [-0.4, -0.2) is 20.4 Å². The number of rotatable bonds is 5. The van der Waals surface area contributed by atoms with E-state index in [1.54, 1.807) is 7.28 Å². The SMILES string of the molecule is CC(C)Cc1bcccc1C[B]C=O. The van der Waals surface area contributed by atoms with E-state index in [4.69, 9.17) is 0 Å². The molecule has 0 aliphatic heterocycles. The molecule has 0 aliphatic carbocycles. The van der Waals surface area contributed by atoms with Crippen LogP contribution >= 0.6 is 0 Å². The van der Waals surface area contributed by atoms with Crippen molar-refractivity contribution in [2.45, 2.75) is 26.6 Å². The van der Waals surface area contributed by atoms with E-state index in [0.29, 0.717) is 5.92 Å². The summed E-state index contributed by atoms with van der Waals surface area (Å²) in [4.78, 5) is 10.3. The first-order chi connectivity index (χ1) is 6.74. The van der Waals surface area contributed by atoms with Crippen LogP contribution in [0.25, 0.3) is 0 Å². The molecular formula is C11H15B2O. The summed E-state index contributed by atoms with van der Waals surface area (Å²) in [6.45, 7) is 6.56. The van der Waals surface area contributed by atoms with Crippen LogP contribution in [0.2, 0.25) is 0 Å². The molecular weight excluding hydrogens is 170 g/mol. The molecule has 0 saturated heterocycles. The molecule has 1 aromatic rings. The first-order valence-corrected chi connectivity index (χ1v) is 5.07. The standard InChI is InChI=1S/C11H15B2O/c1-9(2)6-11-10(7-12-8-14)4-3-5-13-11/h3-5,8-9H,6-7H2,1-2H3. The van der Waals surface area contributed by atoms with Crippen molar-refractivity contribution in [2.24, 2.45) is 5.92 Å². The van der Waals surface area contributed by atoms with Crippen molar-refractivity contribution < 1.29 is 4.79 Å². The predicted octanol–water partition coefficient (Wildman–Crippen LogP) is 1.62. The predicted molar refractivity (Wildman–Crippen MR) is 62.5 cm³/mol. The molecule has 0 bridgehead atoms. The minimum atomic E-state index is 0.660. The monoisotopic (exact) mass is 185 g/mol. The second kappa shape index (κ2) is 5.79. The first-order valence-electron chi connectivity index (χ1n) is 5.07. The third-order valence-electron chi connectivity index (χ3n) is 2.18. The van der Waals surface area contributed by atoms with Crippen LogP contribution in [0.4, 0.5) is 0 Å². The van der Waals surface area contributed by atoms with Crippen LogP contribution in [0.5, 0.6) is 0 Å². The van der Waals surface area contributed by atoms with Gasteiger partial charge in [0.25, 0.3) is 0 Å². The Bertz CT molecular complexity index is 297. The zero-order valence-electron chi connectivity index (χ0n) is 8.86. The van der Waals surface area contributed by atoms with E-state index < -0.39 is 0 Å². The van der Waals surface area contributed by atoms with Crippen molar-refractivity contribution in [1.82, 2.24) is 0 Å². The van der Waals surface area contributed by atoms with Gasteiger partial charge in [-0.1, -0.05) is 0 Å². The van der Waals surface area contributed by atoms with Gasteiger partial charge in [-0.05, 0) is 0 Å². The summed E-state index contributed by atoms with van der Waals surface area (Å²) < 4.78 is 0. The molecule has 14 heavy (non-hydrogen) atoms. The fourth-order valence-electron chi connectivity index (χ4n) is 1.57. The molecule has 0 amide bonds. The second-order valence-corrected chi connectivity index (χ2v) is 3.94. The average molecular weight is 185 g/mol. The molecule has 0 spiro atoms. The zero-order chi connectivity index (χ0) is 10.4. The number of hydrogen-bond acceptors (Lipinski definition) is 1. The summed E-state index contributed by atoms with van der Waals surface area (Å²) in [5, 5.41) is 0. The van der Waals surface area contributed by atoms with Crippen LogP contribution in [0.15, 0.2) is 18.1 Å². The Morgan fingerprint density at radius 3 is 3.00 bits per heavy atom. The van der Waals surface area contributed by atoms with Gasteiger partial charge in [-0.25, -0.2) is 0 Å². The third kappa shape index (κ3) is 3.49. The molecule has 1 nitrogen and oxygen atoms in total. The van der Waals surface area contributed by atoms with Crippen molar-refractivity contribution in [2.75, 3.05) is 0 Å². The van der Waals surface area contributed by atoms with Crippen LogP contribution in [-0.2, 0) is 17.5 Å². The Balaban J connectivity index is 2.74. The molecule has 0 saturated carbocycles. The number of carbonyl (C=O) groups is 1. The maximum atomic E-state index is 10.3. The van der Waals surface area contributed by atoms with E-state index in [-0.39, 0.29) is 0 Å². The van der Waals surface area contributed by atoms with Crippen molar-refractivity contribution in [3.8, 4) is 0 Å². The molecule has 3 heteroatoms. The number of hydrogen-bond donors (Lipinski definition) is 0.